The SMILES string of the molecule is CCCOc1ccc(C(=O)OCC(=O)c2cc(C)n(Cc3ccco3)c2C)cc1OC. The summed E-state index contributed by atoms with van der Waals surface area (Å²) in [6.45, 7) is 6.53. The highest BCUT2D eigenvalue weighted by Gasteiger charge is 2.19. The van der Waals surface area contributed by atoms with Gasteiger partial charge < -0.3 is 23.2 Å². The van der Waals surface area contributed by atoms with E-state index in [0.29, 0.717) is 30.2 Å². The van der Waals surface area contributed by atoms with Crippen LogP contribution in [0.2, 0.25) is 0 Å². The zero-order valence-electron chi connectivity index (χ0n) is 18.3. The molecule has 0 saturated carbocycles. The minimum absolute atomic E-state index is 0.262. The van der Waals surface area contributed by atoms with Crippen LogP contribution < -0.4 is 9.47 Å². The average molecular weight is 425 g/mol. The fourth-order valence-corrected chi connectivity index (χ4v) is 3.30. The number of ether oxygens (including phenoxy) is 3. The monoisotopic (exact) mass is 425 g/mol. The molecule has 0 atom stereocenters. The van der Waals surface area contributed by atoms with Crippen LogP contribution in [0.4, 0.5) is 0 Å². The van der Waals surface area contributed by atoms with Gasteiger partial charge in [-0.25, -0.2) is 4.79 Å². The number of aryl methyl sites for hydroxylation is 1. The van der Waals surface area contributed by atoms with E-state index in [9.17, 15) is 9.59 Å². The van der Waals surface area contributed by atoms with Crippen LogP contribution in [0.15, 0.2) is 47.1 Å². The van der Waals surface area contributed by atoms with Crippen molar-refractivity contribution in [2.75, 3.05) is 20.3 Å². The van der Waals surface area contributed by atoms with E-state index in [0.717, 1.165) is 23.6 Å². The van der Waals surface area contributed by atoms with Gasteiger partial charge in [0, 0.05) is 17.0 Å². The Labute approximate surface area is 181 Å². The Hall–Kier alpha value is -3.48. The maximum atomic E-state index is 12.7. The summed E-state index contributed by atoms with van der Waals surface area (Å²) in [4.78, 5) is 25.2. The molecule has 0 unspecified atom stereocenters. The molecule has 0 aliphatic carbocycles. The Morgan fingerprint density at radius 3 is 2.58 bits per heavy atom. The highest BCUT2D eigenvalue weighted by molar-refractivity contribution is 6.00. The Balaban J connectivity index is 1.66. The first-order chi connectivity index (χ1) is 14.9. The van der Waals surface area contributed by atoms with Crippen molar-refractivity contribution in [3.63, 3.8) is 0 Å². The van der Waals surface area contributed by atoms with Gasteiger partial charge in [0.2, 0.25) is 5.78 Å². The number of aromatic nitrogens is 1. The minimum atomic E-state index is -0.599. The number of furan rings is 1. The molecule has 3 aromatic rings. The van der Waals surface area contributed by atoms with E-state index in [1.807, 2.05) is 37.5 Å². The first-order valence-corrected chi connectivity index (χ1v) is 10.1. The summed E-state index contributed by atoms with van der Waals surface area (Å²) < 4.78 is 23.5. The molecule has 0 fully saturated rings. The Bertz CT molecular complexity index is 1050. The first kappa shape index (κ1) is 22.2. The summed E-state index contributed by atoms with van der Waals surface area (Å²) in [6, 6.07) is 10.3. The number of Topliss-reactive ketones (excluding diaryl/α,β-unsaturated/α-hetero) is 1. The molecular formula is C24H27NO6. The number of nitrogens with zero attached hydrogens (tertiary/aromatic N) is 1. The van der Waals surface area contributed by atoms with Crippen molar-refractivity contribution in [1.82, 2.24) is 4.57 Å². The second kappa shape index (κ2) is 10.0. The second-order valence-corrected chi connectivity index (χ2v) is 7.16. The lowest BCUT2D eigenvalue weighted by Crippen LogP contribution is -2.15. The van der Waals surface area contributed by atoms with Crippen LogP contribution in [0.25, 0.3) is 0 Å². The highest BCUT2D eigenvalue weighted by Crippen LogP contribution is 2.28. The standard InChI is InChI=1S/C24H27NO6/c1-5-10-30-22-9-8-18(13-23(22)28-4)24(27)31-15-21(26)20-12-16(2)25(17(20)3)14-19-7-6-11-29-19/h6-9,11-13H,5,10,14-15H2,1-4H3. The molecule has 0 N–H and O–H groups in total. The Morgan fingerprint density at radius 2 is 1.90 bits per heavy atom. The molecule has 3 rings (SSSR count). The van der Waals surface area contributed by atoms with Crippen LogP contribution in [0.5, 0.6) is 11.5 Å². The molecule has 164 valence electrons. The number of methoxy groups -OCH3 is 1. The maximum Gasteiger partial charge on any atom is 0.338 e. The largest absolute Gasteiger partial charge is 0.493 e. The summed E-state index contributed by atoms with van der Waals surface area (Å²) in [7, 11) is 1.51. The smallest absolute Gasteiger partial charge is 0.338 e. The number of ketones is 1. The molecule has 31 heavy (non-hydrogen) atoms. The molecule has 0 bridgehead atoms. The fraction of sp³-hybridized carbons (Fsp3) is 0.333. The number of hydrogen-bond donors (Lipinski definition) is 0. The quantitative estimate of drug-likeness (QED) is 0.349. The van der Waals surface area contributed by atoms with Gasteiger partial charge in [0.1, 0.15) is 5.76 Å². The van der Waals surface area contributed by atoms with Gasteiger partial charge in [-0.2, -0.15) is 0 Å². The maximum absolute atomic E-state index is 12.7. The molecule has 0 aliphatic rings. The molecule has 0 radical (unpaired) electrons. The van der Waals surface area contributed by atoms with Crippen molar-refractivity contribution in [2.45, 2.75) is 33.7 Å². The van der Waals surface area contributed by atoms with Crippen LogP contribution in [0.1, 0.15) is 51.2 Å². The minimum Gasteiger partial charge on any atom is -0.493 e. The molecule has 0 saturated heterocycles. The van der Waals surface area contributed by atoms with Gasteiger partial charge in [-0.05, 0) is 56.7 Å². The third-order valence-corrected chi connectivity index (χ3v) is 4.96. The summed E-state index contributed by atoms with van der Waals surface area (Å²) in [5.74, 6) is 0.935. The number of esters is 1. The summed E-state index contributed by atoms with van der Waals surface area (Å²) in [6.07, 6.45) is 2.48. The highest BCUT2D eigenvalue weighted by atomic mass is 16.5. The van der Waals surface area contributed by atoms with E-state index in [2.05, 4.69) is 0 Å². The van der Waals surface area contributed by atoms with Crippen LogP contribution in [-0.4, -0.2) is 36.6 Å². The molecule has 2 heterocycles. The third-order valence-electron chi connectivity index (χ3n) is 4.96. The van der Waals surface area contributed by atoms with Gasteiger partial charge >= 0.3 is 5.97 Å². The van der Waals surface area contributed by atoms with E-state index in [1.165, 1.54) is 7.11 Å². The number of carbonyl (C=O) groups excluding carboxylic acids is 2. The lowest BCUT2D eigenvalue weighted by atomic mass is 10.1. The van der Waals surface area contributed by atoms with Gasteiger partial charge in [0.25, 0.3) is 0 Å². The number of rotatable bonds is 10. The van der Waals surface area contributed by atoms with Crippen molar-refractivity contribution in [3.05, 3.63) is 70.9 Å². The predicted molar refractivity (Wildman–Crippen MR) is 115 cm³/mol. The Morgan fingerprint density at radius 1 is 1.10 bits per heavy atom. The van der Waals surface area contributed by atoms with Crippen LogP contribution >= 0.6 is 0 Å². The second-order valence-electron chi connectivity index (χ2n) is 7.16. The molecule has 1 aromatic carbocycles. The van der Waals surface area contributed by atoms with Crippen LogP contribution in [0.3, 0.4) is 0 Å². The average Bonchev–Trinajstić information content (AvgIpc) is 3.39. The van der Waals surface area contributed by atoms with E-state index in [-0.39, 0.29) is 18.0 Å². The zero-order valence-corrected chi connectivity index (χ0v) is 18.3. The topological polar surface area (TPSA) is 79.9 Å². The molecule has 7 heteroatoms. The molecule has 0 aliphatic heterocycles. The van der Waals surface area contributed by atoms with Gasteiger partial charge in [0.15, 0.2) is 18.1 Å². The van der Waals surface area contributed by atoms with Gasteiger partial charge in [-0.1, -0.05) is 6.92 Å². The molecule has 0 amide bonds. The van der Waals surface area contributed by atoms with Crippen molar-refractivity contribution in [3.8, 4) is 11.5 Å². The normalized spacial score (nSPS) is 10.7. The number of carbonyl (C=O) groups is 2. The molecule has 0 spiro atoms. The number of hydrogen-bond acceptors (Lipinski definition) is 6. The lowest BCUT2D eigenvalue weighted by Gasteiger charge is -2.11. The van der Waals surface area contributed by atoms with Crippen molar-refractivity contribution in [1.29, 1.82) is 0 Å². The third kappa shape index (κ3) is 5.17. The summed E-state index contributed by atoms with van der Waals surface area (Å²) >= 11 is 0. The van der Waals surface area contributed by atoms with Gasteiger partial charge in [-0.3, -0.25) is 4.79 Å². The number of benzene rings is 1. The Kier molecular flexibility index (Phi) is 7.18. The zero-order chi connectivity index (χ0) is 22.4. The lowest BCUT2D eigenvalue weighted by molar-refractivity contribution is 0.0474. The van der Waals surface area contributed by atoms with E-state index in [1.54, 1.807) is 30.5 Å². The summed E-state index contributed by atoms with van der Waals surface area (Å²) in [5.41, 5.74) is 2.54. The van der Waals surface area contributed by atoms with Crippen LogP contribution in [-0.2, 0) is 11.3 Å². The molecular weight excluding hydrogens is 398 g/mol. The van der Waals surface area contributed by atoms with Crippen LogP contribution in [0, 0.1) is 13.8 Å². The first-order valence-electron chi connectivity index (χ1n) is 10.1. The summed E-state index contributed by atoms with van der Waals surface area (Å²) in [5, 5.41) is 0. The van der Waals surface area contributed by atoms with Crippen molar-refractivity contribution < 1.29 is 28.2 Å². The van der Waals surface area contributed by atoms with Gasteiger partial charge in [0.05, 0.1) is 32.1 Å². The van der Waals surface area contributed by atoms with E-state index < -0.39 is 5.97 Å². The predicted octanol–water partition coefficient (Wildman–Crippen LogP) is 4.58. The van der Waals surface area contributed by atoms with E-state index in [4.69, 9.17) is 18.6 Å². The van der Waals surface area contributed by atoms with Crippen molar-refractivity contribution in [2.24, 2.45) is 0 Å². The van der Waals surface area contributed by atoms with Crippen molar-refractivity contribution >= 4 is 11.8 Å². The fourth-order valence-electron chi connectivity index (χ4n) is 3.30. The van der Waals surface area contributed by atoms with Gasteiger partial charge in [-0.15, -0.1) is 0 Å². The molecule has 7 nitrogen and oxygen atoms in total. The van der Waals surface area contributed by atoms with E-state index >= 15 is 0 Å². The molecule has 2 aromatic heterocycles.